The van der Waals surface area contributed by atoms with Crippen LogP contribution in [-0.2, 0) is 24.0 Å². The lowest BCUT2D eigenvalue weighted by molar-refractivity contribution is -0.147. The van der Waals surface area contributed by atoms with E-state index in [1.807, 2.05) is 4.90 Å². The number of Topliss-reactive ketones (excluding diaryl/α,β-unsaturated/α-hetero) is 3. The Balaban J connectivity index is 1.23. The van der Waals surface area contributed by atoms with E-state index in [4.69, 9.17) is 5.73 Å². The summed E-state index contributed by atoms with van der Waals surface area (Å²) in [4.78, 5) is 76.1. The lowest BCUT2D eigenvalue weighted by Crippen LogP contribution is -2.57. The zero-order chi connectivity index (χ0) is 38.7. The molecule has 53 heavy (non-hydrogen) atoms. The summed E-state index contributed by atoms with van der Waals surface area (Å²) in [6, 6.07) is 0.280. The van der Waals surface area contributed by atoms with Crippen molar-refractivity contribution in [3.05, 3.63) is 0 Å². The van der Waals surface area contributed by atoms with E-state index in [1.165, 1.54) is 12.8 Å². The molecule has 1 unspecified atom stereocenters. The number of nitrogens with two attached hydrogens (primary N) is 1. The molecule has 6 fully saturated rings. The van der Waals surface area contributed by atoms with Crippen LogP contribution < -0.4 is 5.73 Å². The number of hydrogen-bond acceptors (Lipinski definition) is 7. The average Bonchev–Trinajstić information content (AvgIpc) is 3.25. The number of carbonyl (C=O) groups excluding carboxylic acids is 5. The van der Waals surface area contributed by atoms with E-state index in [9.17, 15) is 19.2 Å². The van der Waals surface area contributed by atoms with Crippen LogP contribution in [0.4, 0.5) is 0 Å². The molecule has 2 saturated heterocycles. The molecule has 0 aromatic heterocycles. The second-order valence-electron chi connectivity index (χ2n) is 20.9. The van der Waals surface area contributed by atoms with Crippen molar-refractivity contribution in [3.63, 3.8) is 0 Å². The highest BCUT2D eigenvalue weighted by atomic mass is 16.2. The van der Waals surface area contributed by atoms with Crippen LogP contribution >= 0.6 is 0 Å². The molecular weight excluding hydrogens is 665 g/mol. The van der Waals surface area contributed by atoms with Crippen LogP contribution in [0.2, 0.25) is 0 Å². The van der Waals surface area contributed by atoms with Gasteiger partial charge in [-0.15, -0.1) is 0 Å². The molecule has 0 bridgehead atoms. The van der Waals surface area contributed by atoms with Gasteiger partial charge in [0.25, 0.3) is 5.91 Å². The third-order valence-corrected chi connectivity index (χ3v) is 16.6. The van der Waals surface area contributed by atoms with Crippen molar-refractivity contribution in [1.82, 2.24) is 14.7 Å². The largest absolute Gasteiger partial charge is 0.363 e. The van der Waals surface area contributed by atoms with Crippen LogP contribution in [0.25, 0.3) is 0 Å². The number of likely N-dealkylation sites (N-methyl/N-ethyl adjacent to an activating group) is 1. The van der Waals surface area contributed by atoms with E-state index in [0.717, 1.165) is 77.4 Å². The molecule has 2 amide bonds. The summed E-state index contributed by atoms with van der Waals surface area (Å²) in [5, 5.41) is 0. The van der Waals surface area contributed by atoms with Crippen LogP contribution in [0, 0.1) is 44.8 Å². The molecule has 2 N–H and O–H groups in total. The smallest absolute Gasteiger partial charge is 0.285 e. The van der Waals surface area contributed by atoms with Crippen LogP contribution in [0.5, 0.6) is 0 Å². The highest BCUT2D eigenvalue weighted by molar-refractivity contribution is 6.36. The SMILES string of the molecule is C[C@H]1CN(CC2(CC(=O)C[C@H](C(=O)N3C[C@]4(C[C@H]3C(=O)CC(CC3CCC3)C(=O)C(N)=O)C(C)(C)C43CCC3)C(C)(C)C)CCCCC2)C[C@H](C)N1C. The Bertz CT molecular complexity index is 1420. The Hall–Kier alpha value is -2.13. The summed E-state index contributed by atoms with van der Waals surface area (Å²) >= 11 is 0. The first-order valence-corrected chi connectivity index (χ1v) is 21.4. The minimum absolute atomic E-state index is 0.00114. The predicted octanol–water partition coefficient (Wildman–Crippen LogP) is 6.59. The van der Waals surface area contributed by atoms with Crippen molar-refractivity contribution < 1.29 is 24.0 Å². The number of amides is 2. The standard InChI is InChI=1S/C44H72N4O5/c1-29-25-47(26-30(2)46(29)8)27-42(16-10-9-11-17-42)23-33(49)22-34(40(3,4)5)39(53)48-28-44(41(6,7)43(44)18-13-19-43)24-35(48)36(50)21-32(37(51)38(45)52)20-31-14-12-15-31/h29-32,34-35H,9-28H2,1-8H3,(H2,45,52)/t29-,30-,32?,34+,35-,44+/m0/s1. The number of likely N-dealkylation sites (tertiary alicyclic amines) is 1. The van der Waals surface area contributed by atoms with Gasteiger partial charge in [-0.05, 0) is 87.0 Å². The van der Waals surface area contributed by atoms with Gasteiger partial charge in [0.05, 0.1) is 6.04 Å². The Morgan fingerprint density at radius 3 is 1.94 bits per heavy atom. The summed E-state index contributed by atoms with van der Waals surface area (Å²) in [5.41, 5.74) is 4.93. The van der Waals surface area contributed by atoms with E-state index >= 15 is 4.79 Å². The molecule has 9 heteroatoms. The van der Waals surface area contributed by atoms with Gasteiger partial charge in [0, 0.05) is 74.8 Å². The number of ketones is 3. The number of carbonyl (C=O) groups is 5. The van der Waals surface area contributed by atoms with Crippen molar-refractivity contribution in [2.75, 3.05) is 33.2 Å². The lowest BCUT2D eigenvalue weighted by Gasteiger charge is -2.47. The number of hydrogen-bond donors (Lipinski definition) is 1. The quantitative estimate of drug-likeness (QED) is 0.200. The van der Waals surface area contributed by atoms with Crippen molar-refractivity contribution in [1.29, 1.82) is 0 Å². The molecule has 2 spiro atoms. The molecule has 2 heterocycles. The fourth-order valence-electron chi connectivity index (χ4n) is 12.6. The summed E-state index contributed by atoms with van der Waals surface area (Å²) in [6.45, 7) is 18.9. The van der Waals surface area contributed by atoms with Crippen LogP contribution in [0.15, 0.2) is 0 Å². The summed E-state index contributed by atoms with van der Waals surface area (Å²) in [6.07, 6.45) is 13.8. The predicted molar refractivity (Wildman–Crippen MR) is 208 cm³/mol. The van der Waals surface area contributed by atoms with E-state index in [2.05, 4.69) is 65.3 Å². The van der Waals surface area contributed by atoms with Crippen molar-refractivity contribution in [2.45, 2.75) is 169 Å². The lowest BCUT2D eigenvalue weighted by atomic mass is 9.68. The van der Waals surface area contributed by atoms with Crippen molar-refractivity contribution >= 4 is 29.2 Å². The summed E-state index contributed by atoms with van der Waals surface area (Å²) in [5.74, 6) is -2.64. The zero-order valence-electron chi connectivity index (χ0n) is 34.6. The van der Waals surface area contributed by atoms with E-state index < -0.39 is 35.0 Å². The minimum Gasteiger partial charge on any atom is -0.363 e. The third kappa shape index (κ3) is 7.33. The van der Waals surface area contributed by atoms with Gasteiger partial charge in [-0.3, -0.25) is 33.8 Å². The third-order valence-electron chi connectivity index (χ3n) is 16.6. The molecule has 0 aromatic carbocycles. The second kappa shape index (κ2) is 14.7. The van der Waals surface area contributed by atoms with Gasteiger partial charge in [0.15, 0.2) is 5.78 Å². The maximum Gasteiger partial charge on any atom is 0.285 e. The normalized spacial score (nSPS) is 32.2. The van der Waals surface area contributed by atoms with Gasteiger partial charge in [-0.25, -0.2) is 0 Å². The number of rotatable bonds is 14. The van der Waals surface area contributed by atoms with Crippen molar-refractivity contribution in [2.24, 2.45) is 50.6 Å². The minimum atomic E-state index is -0.978. The molecule has 0 radical (unpaired) electrons. The monoisotopic (exact) mass is 737 g/mol. The maximum atomic E-state index is 15.1. The van der Waals surface area contributed by atoms with Gasteiger partial charge in [-0.2, -0.15) is 0 Å². The average molecular weight is 737 g/mol. The Morgan fingerprint density at radius 2 is 1.45 bits per heavy atom. The first kappa shape index (κ1) is 40.5. The fraction of sp³-hybridized carbons (Fsp3) is 0.886. The summed E-state index contributed by atoms with van der Waals surface area (Å²) in [7, 11) is 2.21. The van der Waals surface area contributed by atoms with Crippen LogP contribution in [0.1, 0.15) is 151 Å². The van der Waals surface area contributed by atoms with Crippen LogP contribution in [-0.4, -0.2) is 95.2 Å². The van der Waals surface area contributed by atoms with Gasteiger partial charge in [0.2, 0.25) is 11.7 Å². The van der Waals surface area contributed by atoms with E-state index in [0.29, 0.717) is 43.8 Å². The molecule has 4 saturated carbocycles. The molecule has 2 aliphatic heterocycles. The van der Waals surface area contributed by atoms with Crippen LogP contribution in [0.3, 0.4) is 0 Å². The van der Waals surface area contributed by atoms with Gasteiger partial charge >= 0.3 is 0 Å². The molecule has 6 atom stereocenters. The Kier molecular flexibility index (Phi) is 11.3. The highest BCUT2D eigenvalue weighted by Gasteiger charge is 2.85. The molecule has 6 rings (SSSR count). The maximum absolute atomic E-state index is 15.1. The topological polar surface area (TPSA) is 121 Å². The van der Waals surface area contributed by atoms with Crippen molar-refractivity contribution in [3.8, 4) is 0 Å². The summed E-state index contributed by atoms with van der Waals surface area (Å²) < 4.78 is 0. The molecule has 4 aliphatic carbocycles. The molecule has 9 nitrogen and oxygen atoms in total. The highest BCUT2D eigenvalue weighted by Crippen LogP contribution is 2.88. The van der Waals surface area contributed by atoms with Gasteiger partial charge in [0.1, 0.15) is 5.78 Å². The number of piperazine rings is 1. The van der Waals surface area contributed by atoms with E-state index in [1.54, 1.807) is 0 Å². The first-order chi connectivity index (χ1) is 24.8. The van der Waals surface area contributed by atoms with Gasteiger partial charge in [-0.1, -0.05) is 79.6 Å². The molecule has 298 valence electrons. The number of primary amides is 1. The first-order valence-electron chi connectivity index (χ1n) is 21.4. The zero-order valence-corrected chi connectivity index (χ0v) is 34.6. The fourth-order valence-corrected chi connectivity index (χ4v) is 12.6. The Labute approximate surface area is 320 Å². The number of fused-ring (bicyclic) bond motifs is 1. The van der Waals surface area contributed by atoms with E-state index in [-0.39, 0.29) is 52.0 Å². The Morgan fingerprint density at radius 1 is 0.830 bits per heavy atom. The second-order valence-corrected chi connectivity index (χ2v) is 20.9. The molecule has 0 aromatic rings. The molecular formula is C44H72N4O5. The van der Waals surface area contributed by atoms with Gasteiger partial charge < -0.3 is 10.6 Å². The molecule has 6 aliphatic rings. The number of nitrogens with zero attached hydrogens (tertiary/aromatic N) is 3.